The number of aromatic nitrogens is 5. The molecule has 0 spiro atoms. The molecular weight excluding hydrogens is 485 g/mol. The SMILES string of the molecule is O=C(NC1CC1)c1csc(CSc2nnc(-c3cccnc3)n2-c2cccc(C(F)(F)F)c2)n1. The molecule has 0 saturated heterocycles. The molecule has 174 valence electrons. The van der Waals surface area contributed by atoms with Crippen LogP contribution < -0.4 is 5.32 Å². The molecule has 3 heterocycles. The Kier molecular flexibility index (Phi) is 6.09. The normalized spacial score (nSPS) is 13.7. The third-order valence-electron chi connectivity index (χ3n) is 5.01. The Balaban J connectivity index is 1.44. The maximum atomic E-state index is 13.4. The molecule has 3 aromatic heterocycles. The minimum atomic E-state index is -4.48. The van der Waals surface area contributed by atoms with Crippen molar-refractivity contribution in [2.75, 3.05) is 0 Å². The highest BCUT2D eigenvalue weighted by atomic mass is 32.2. The summed E-state index contributed by atoms with van der Waals surface area (Å²) in [5, 5.41) is 14.2. The van der Waals surface area contributed by atoms with Crippen molar-refractivity contribution in [3.8, 4) is 17.1 Å². The van der Waals surface area contributed by atoms with Crippen molar-refractivity contribution in [2.24, 2.45) is 0 Å². The molecule has 1 aromatic carbocycles. The van der Waals surface area contributed by atoms with Crippen molar-refractivity contribution in [1.82, 2.24) is 30.0 Å². The Morgan fingerprint density at radius 3 is 2.79 bits per heavy atom. The van der Waals surface area contributed by atoms with Gasteiger partial charge >= 0.3 is 6.18 Å². The van der Waals surface area contributed by atoms with Crippen LogP contribution >= 0.6 is 23.1 Å². The van der Waals surface area contributed by atoms with Gasteiger partial charge in [-0.2, -0.15) is 13.2 Å². The quantitative estimate of drug-likeness (QED) is 0.359. The third-order valence-corrected chi connectivity index (χ3v) is 6.98. The van der Waals surface area contributed by atoms with Gasteiger partial charge in [0.2, 0.25) is 0 Å². The lowest BCUT2D eigenvalue weighted by Crippen LogP contribution is -2.25. The first-order chi connectivity index (χ1) is 16.4. The monoisotopic (exact) mass is 502 g/mol. The molecule has 1 N–H and O–H groups in total. The van der Waals surface area contributed by atoms with Gasteiger partial charge in [0.1, 0.15) is 10.7 Å². The van der Waals surface area contributed by atoms with Crippen LogP contribution in [-0.4, -0.2) is 36.7 Å². The summed E-state index contributed by atoms with van der Waals surface area (Å²) in [6.07, 6.45) is 0.675. The van der Waals surface area contributed by atoms with E-state index in [1.54, 1.807) is 40.5 Å². The smallest absolute Gasteiger partial charge is 0.348 e. The van der Waals surface area contributed by atoms with Crippen LogP contribution in [0.5, 0.6) is 0 Å². The van der Waals surface area contributed by atoms with Gasteiger partial charge in [-0.1, -0.05) is 17.8 Å². The van der Waals surface area contributed by atoms with E-state index < -0.39 is 11.7 Å². The Labute approximate surface area is 200 Å². The summed E-state index contributed by atoms with van der Waals surface area (Å²) in [4.78, 5) is 20.7. The fourth-order valence-electron chi connectivity index (χ4n) is 3.19. The van der Waals surface area contributed by atoms with Gasteiger partial charge in [0.25, 0.3) is 5.91 Å². The van der Waals surface area contributed by atoms with Crippen LogP contribution in [0.3, 0.4) is 0 Å². The zero-order chi connectivity index (χ0) is 23.7. The van der Waals surface area contributed by atoms with Gasteiger partial charge < -0.3 is 5.32 Å². The Hall–Kier alpha value is -3.25. The zero-order valence-corrected chi connectivity index (χ0v) is 19.1. The van der Waals surface area contributed by atoms with E-state index in [0.29, 0.717) is 33.0 Å². The topological polar surface area (TPSA) is 85.6 Å². The second-order valence-corrected chi connectivity index (χ2v) is 9.48. The number of pyridine rings is 1. The van der Waals surface area contributed by atoms with Crippen molar-refractivity contribution in [3.05, 3.63) is 70.4 Å². The number of rotatable bonds is 7. The van der Waals surface area contributed by atoms with E-state index in [1.807, 2.05) is 0 Å². The molecule has 0 bridgehead atoms. The van der Waals surface area contributed by atoms with Gasteiger partial charge in [-0.15, -0.1) is 21.5 Å². The molecule has 4 aromatic rings. The van der Waals surface area contributed by atoms with E-state index in [-0.39, 0.29) is 17.6 Å². The van der Waals surface area contributed by atoms with Gasteiger partial charge in [-0.05, 0) is 43.2 Å². The van der Waals surface area contributed by atoms with Crippen LogP contribution in [-0.2, 0) is 11.9 Å². The maximum absolute atomic E-state index is 13.4. The van der Waals surface area contributed by atoms with Crippen LogP contribution in [0.1, 0.15) is 33.9 Å². The van der Waals surface area contributed by atoms with Gasteiger partial charge in [0, 0.05) is 29.4 Å². The largest absolute Gasteiger partial charge is 0.416 e. The number of alkyl halides is 3. The van der Waals surface area contributed by atoms with Crippen LogP contribution in [0.4, 0.5) is 13.2 Å². The highest BCUT2D eigenvalue weighted by Gasteiger charge is 2.31. The second-order valence-electron chi connectivity index (χ2n) is 7.59. The number of hydrogen-bond acceptors (Lipinski definition) is 7. The minimum absolute atomic E-state index is 0.194. The molecular formula is C22H17F3N6OS2. The van der Waals surface area contributed by atoms with Crippen LogP contribution in [0.25, 0.3) is 17.1 Å². The third kappa shape index (κ3) is 4.97. The molecule has 1 fully saturated rings. The Morgan fingerprint density at radius 1 is 1.21 bits per heavy atom. The standard InChI is InChI=1S/C22H17F3N6OS2/c23-22(24,25)14-4-1-5-16(9-14)31-19(13-3-2-8-26-10-13)29-30-21(31)34-12-18-28-17(11-33-18)20(32)27-15-6-7-15/h1-5,8-11,15H,6-7,12H2,(H,27,32). The molecule has 7 nitrogen and oxygen atoms in total. The Bertz CT molecular complexity index is 1320. The summed E-state index contributed by atoms with van der Waals surface area (Å²) in [6.45, 7) is 0. The first-order valence-electron chi connectivity index (χ1n) is 10.3. The average Bonchev–Trinajstić information content (AvgIpc) is 3.34. The number of carbonyl (C=O) groups is 1. The van der Waals surface area contributed by atoms with Crippen LogP contribution in [0.15, 0.2) is 59.3 Å². The number of carbonyl (C=O) groups excluding carboxylic acids is 1. The highest BCUT2D eigenvalue weighted by molar-refractivity contribution is 7.98. The van der Waals surface area contributed by atoms with Crippen molar-refractivity contribution < 1.29 is 18.0 Å². The van der Waals surface area contributed by atoms with Gasteiger partial charge in [0.15, 0.2) is 11.0 Å². The first kappa shape index (κ1) is 22.5. The lowest BCUT2D eigenvalue weighted by molar-refractivity contribution is -0.137. The van der Waals surface area contributed by atoms with E-state index in [4.69, 9.17) is 0 Å². The second kappa shape index (κ2) is 9.18. The average molecular weight is 503 g/mol. The molecule has 0 atom stereocenters. The fourth-order valence-corrected chi connectivity index (χ4v) is 4.94. The number of halogens is 3. The summed E-state index contributed by atoms with van der Waals surface area (Å²) in [5.74, 6) is 0.561. The minimum Gasteiger partial charge on any atom is -0.348 e. The van der Waals surface area contributed by atoms with E-state index in [1.165, 1.54) is 29.2 Å². The summed E-state index contributed by atoms with van der Waals surface area (Å²) < 4.78 is 41.6. The predicted molar refractivity (Wildman–Crippen MR) is 122 cm³/mol. The number of thioether (sulfide) groups is 1. The van der Waals surface area contributed by atoms with Crippen molar-refractivity contribution >= 4 is 29.0 Å². The molecule has 1 aliphatic carbocycles. The van der Waals surface area contributed by atoms with E-state index >= 15 is 0 Å². The summed E-state index contributed by atoms with van der Waals surface area (Å²) in [6, 6.07) is 8.74. The summed E-state index contributed by atoms with van der Waals surface area (Å²) in [5.41, 5.74) is 0.498. The summed E-state index contributed by atoms with van der Waals surface area (Å²) in [7, 11) is 0. The van der Waals surface area contributed by atoms with Gasteiger partial charge in [0.05, 0.1) is 17.0 Å². The van der Waals surface area contributed by atoms with Gasteiger partial charge in [-0.25, -0.2) is 4.98 Å². The van der Waals surface area contributed by atoms with Crippen molar-refractivity contribution in [3.63, 3.8) is 0 Å². The molecule has 0 aliphatic heterocycles. The van der Waals surface area contributed by atoms with Gasteiger partial charge in [-0.3, -0.25) is 14.3 Å². The predicted octanol–water partition coefficient (Wildman–Crippen LogP) is 4.99. The molecule has 34 heavy (non-hydrogen) atoms. The highest BCUT2D eigenvalue weighted by Crippen LogP contribution is 2.34. The molecule has 1 saturated carbocycles. The lowest BCUT2D eigenvalue weighted by Gasteiger charge is -2.13. The van der Waals surface area contributed by atoms with Crippen molar-refractivity contribution in [1.29, 1.82) is 0 Å². The first-order valence-corrected chi connectivity index (χ1v) is 12.2. The number of thiazole rings is 1. The summed E-state index contributed by atoms with van der Waals surface area (Å²) >= 11 is 2.63. The Morgan fingerprint density at radius 2 is 2.06 bits per heavy atom. The van der Waals surface area contributed by atoms with E-state index in [0.717, 1.165) is 25.0 Å². The van der Waals surface area contributed by atoms with Crippen molar-refractivity contribution in [2.45, 2.75) is 36.0 Å². The molecule has 1 amide bonds. The number of nitrogens with one attached hydrogen (secondary N) is 1. The number of benzene rings is 1. The lowest BCUT2D eigenvalue weighted by atomic mass is 10.2. The molecule has 5 rings (SSSR count). The maximum Gasteiger partial charge on any atom is 0.416 e. The van der Waals surface area contributed by atoms with E-state index in [2.05, 4.69) is 25.5 Å². The van der Waals surface area contributed by atoms with Crippen LogP contribution in [0, 0.1) is 0 Å². The molecule has 12 heteroatoms. The van der Waals surface area contributed by atoms with E-state index in [9.17, 15) is 18.0 Å². The molecule has 1 aliphatic rings. The van der Waals surface area contributed by atoms with Crippen LogP contribution in [0.2, 0.25) is 0 Å². The molecule has 0 unspecified atom stereocenters. The molecule has 0 radical (unpaired) electrons. The fraction of sp³-hybridized carbons (Fsp3) is 0.227. The number of hydrogen-bond donors (Lipinski definition) is 1. The zero-order valence-electron chi connectivity index (χ0n) is 17.5. The number of nitrogens with zero attached hydrogens (tertiary/aromatic N) is 5. The number of amides is 1.